The number of aliphatic hydroxyl groups excluding tert-OH is 2. The molecule has 4 heteroatoms. The standard InChI is InChI=1S/C25H42O4/c1-15(5-8-23(28)29-4)18-6-7-19-17-14-22(27)21-13-16(26)9-11-25(21,3)20(17)10-12-24(18,19)2/h15-22,26-27H,5-14H2,1-4H3/t15?,16-,17?,18-,19?,20?,21+,22+,24-,25-/m1/s1. The fourth-order valence-corrected chi connectivity index (χ4v) is 8.90. The van der Waals surface area contributed by atoms with Gasteiger partial charge in [-0.1, -0.05) is 20.8 Å². The summed E-state index contributed by atoms with van der Waals surface area (Å²) in [6, 6.07) is 0. The smallest absolute Gasteiger partial charge is 0.305 e. The molecule has 0 spiro atoms. The maximum Gasteiger partial charge on any atom is 0.305 e. The quantitative estimate of drug-likeness (QED) is 0.671. The first-order chi connectivity index (χ1) is 13.7. The van der Waals surface area contributed by atoms with Gasteiger partial charge in [-0.15, -0.1) is 0 Å². The Labute approximate surface area is 176 Å². The van der Waals surface area contributed by atoms with E-state index in [-0.39, 0.29) is 29.5 Å². The molecule has 0 radical (unpaired) electrons. The minimum atomic E-state index is -0.255. The van der Waals surface area contributed by atoms with Gasteiger partial charge in [0.25, 0.3) is 0 Å². The molecule has 0 amide bonds. The Hall–Kier alpha value is -0.610. The lowest BCUT2D eigenvalue weighted by atomic mass is 9.44. The first-order valence-electron chi connectivity index (χ1n) is 12.1. The highest BCUT2D eigenvalue weighted by Gasteiger charge is 2.62. The molecule has 0 saturated heterocycles. The van der Waals surface area contributed by atoms with Gasteiger partial charge >= 0.3 is 5.97 Å². The average Bonchev–Trinajstić information content (AvgIpc) is 3.05. The molecule has 0 aliphatic heterocycles. The van der Waals surface area contributed by atoms with Gasteiger partial charge in [0, 0.05) is 6.42 Å². The van der Waals surface area contributed by atoms with Crippen LogP contribution in [0.4, 0.5) is 0 Å². The number of methoxy groups -OCH3 is 1. The van der Waals surface area contributed by atoms with Gasteiger partial charge in [0.15, 0.2) is 0 Å². The van der Waals surface area contributed by atoms with E-state index >= 15 is 0 Å². The number of rotatable bonds is 4. The zero-order chi connectivity index (χ0) is 21.0. The molecule has 4 aliphatic carbocycles. The fourth-order valence-electron chi connectivity index (χ4n) is 8.90. The van der Waals surface area contributed by atoms with Crippen molar-refractivity contribution >= 4 is 5.97 Å². The van der Waals surface area contributed by atoms with Gasteiger partial charge in [-0.05, 0) is 104 Å². The second kappa shape index (κ2) is 7.82. The average molecular weight is 407 g/mol. The van der Waals surface area contributed by atoms with Gasteiger partial charge in [0.2, 0.25) is 0 Å². The van der Waals surface area contributed by atoms with Gasteiger partial charge in [0.05, 0.1) is 19.3 Å². The Bertz CT molecular complexity index is 620. The SMILES string of the molecule is COC(=O)CCC(C)[C@H]1CCC2C3C[C@H](O)[C@@H]4C[C@H](O)CC[C@]4(C)C3CC[C@@]21C. The van der Waals surface area contributed by atoms with Crippen LogP contribution in [0.25, 0.3) is 0 Å². The molecule has 29 heavy (non-hydrogen) atoms. The van der Waals surface area contributed by atoms with Gasteiger partial charge in [-0.3, -0.25) is 4.79 Å². The Morgan fingerprint density at radius 2 is 1.69 bits per heavy atom. The van der Waals surface area contributed by atoms with Crippen molar-refractivity contribution in [1.29, 1.82) is 0 Å². The highest BCUT2D eigenvalue weighted by Crippen LogP contribution is 2.68. The number of hydrogen-bond acceptors (Lipinski definition) is 4. The van der Waals surface area contributed by atoms with Crippen molar-refractivity contribution in [3.8, 4) is 0 Å². The van der Waals surface area contributed by atoms with Gasteiger partial charge < -0.3 is 14.9 Å². The third-order valence-corrected chi connectivity index (χ3v) is 10.4. The molecule has 4 rings (SSSR count). The zero-order valence-corrected chi connectivity index (χ0v) is 18.9. The van der Waals surface area contributed by atoms with Crippen LogP contribution in [0.1, 0.15) is 85.0 Å². The molecule has 0 heterocycles. The second-order valence-electron chi connectivity index (χ2n) is 11.5. The third-order valence-electron chi connectivity index (χ3n) is 10.4. The Morgan fingerprint density at radius 3 is 2.41 bits per heavy atom. The summed E-state index contributed by atoms with van der Waals surface area (Å²) in [6.07, 6.45) is 9.77. The second-order valence-corrected chi connectivity index (χ2v) is 11.5. The molecule has 0 aromatic rings. The van der Waals surface area contributed by atoms with Crippen molar-refractivity contribution in [2.45, 2.75) is 97.2 Å². The van der Waals surface area contributed by atoms with E-state index in [9.17, 15) is 15.0 Å². The lowest BCUT2D eigenvalue weighted by molar-refractivity contribution is -0.172. The zero-order valence-electron chi connectivity index (χ0n) is 18.9. The molecular weight excluding hydrogens is 364 g/mol. The van der Waals surface area contributed by atoms with Crippen LogP contribution in [-0.4, -0.2) is 35.5 Å². The minimum absolute atomic E-state index is 0.0888. The fraction of sp³-hybridized carbons (Fsp3) is 0.960. The molecule has 4 aliphatic rings. The highest BCUT2D eigenvalue weighted by molar-refractivity contribution is 5.69. The van der Waals surface area contributed by atoms with Crippen LogP contribution in [-0.2, 0) is 9.53 Å². The third kappa shape index (κ3) is 3.46. The maximum absolute atomic E-state index is 11.6. The summed E-state index contributed by atoms with van der Waals surface area (Å²) in [5, 5.41) is 21.3. The molecule has 2 N–H and O–H groups in total. The van der Waals surface area contributed by atoms with Crippen LogP contribution in [0, 0.1) is 46.3 Å². The molecule has 0 aromatic heterocycles. The molecular formula is C25H42O4. The molecule has 4 fully saturated rings. The molecule has 0 aromatic carbocycles. The monoisotopic (exact) mass is 406 g/mol. The van der Waals surface area contributed by atoms with E-state index in [2.05, 4.69) is 20.8 Å². The van der Waals surface area contributed by atoms with Crippen molar-refractivity contribution in [1.82, 2.24) is 0 Å². The number of esters is 1. The van der Waals surface area contributed by atoms with E-state index in [1.807, 2.05) is 0 Å². The van der Waals surface area contributed by atoms with Crippen molar-refractivity contribution in [3.63, 3.8) is 0 Å². The summed E-state index contributed by atoms with van der Waals surface area (Å²) in [5.74, 6) is 3.42. The van der Waals surface area contributed by atoms with Crippen LogP contribution in [0.2, 0.25) is 0 Å². The number of hydrogen-bond donors (Lipinski definition) is 2. The first kappa shape index (κ1) is 21.6. The topological polar surface area (TPSA) is 66.8 Å². The lowest BCUT2D eigenvalue weighted by Crippen LogP contribution is -2.58. The summed E-state index contributed by atoms with van der Waals surface area (Å²) in [6.45, 7) is 7.28. The lowest BCUT2D eigenvalue weighted by Gasteiger charge is -2.62. The summed E-state index contributed by atoms with van der Waals surface area (Å²) >= 11 is 0. The maximum atomic E-state index is 11.6. The predicted molar refractivity (Wildman–Crippen MR) is 113 cm³/mol. The highest BCUT2D eigenvalue weighted by atomic mass is 16.5. The summed E-state index contributed by atoms with van der Waals surface area (Å²) in [7, 11) is 1.48. The van der Waals surface area contributed by atoms with Crippen LogP contribution >= 0.6 is 0 Å². The van der Waals surface area contributed by atoms with Crippen LogP contribution in [0.15, 0.2) is 0 Å². The van der Waals surface area contributed by atoms with Gasteiger partial charge in [0.1, 0.15) is 0 Å². The van der Waals surface area contributed by atoms with Crippen molar-refractivity contribution in [3.05, 3.63) is 0 Å². The number of aliphatic hydroxyl groups is 2. The van der Waals surface area contributed by atoms with Gasteiger partial charge in [-0.25, -0.2) is 0 Å². The first-order valence-corrected chi connectivity index (χ1v) is 12.1. The number of carbonyl (C=O) groups is 1. The van der Waals surface area contributed by atoms with E-state index in [0.29, 0.717) is 41.4 Å². The van der Waals surface area contributed by atoms with E-state index in [4.69, 9.17) is 4.74 Å². The van der Waals surface area contributed by atoms with Crippen LogP contribution in [0.3, 0.4) is 0 Å². The van der Waals surface area contributed by atoms with Gasteiger partial charge in [-0.2, -0.15) is 0 Å². The van der Waals surface area contributed by atoms with E-state index in [1.54, 1.807) is 0 Å². The van der Waals surface area contributed by atoms with Crippen molar-refractivity contribution < 1.29 is 19.7 Å². The summed E-state index contributed by atoms with van der Waals surface area (Å²) in [4.78, 5) is 11.6. The molecule has 10 atom stereocenters. The van der Waals surface area contributed by atoms with Crippen molar-refractivity contribution in [2.75, 3.05) is 7.11 Å². The molecule has 4 saturated carbocycles. The minimum Gasteiger partial charge on any atom is -0.469 e. The van der Waals surface area contributed by atoms with E-state index in [1.165, 1.54) is 32.8 Å². The molecule has 4 nitrogen and oxygen atoms in total. The molecule has 4 unspecified atom stereocenters. The number of ether oxygens (including phenoxy) is 1. The Balaban J connectivity index is 1.52. The normalized spacial score (nSPS) is 50.2. The largest absolute Gasteiger partial charge is 0.469 e. The predicted octanol–water partition coefficient (Wildman–Crippen LogP) is 4.57. The van der Waals surface area contributed by atoms with E-state index in [0.717, 1.165) is 32.1 Å². The molecule has 166 valence electrons. The van der Waals surface area contributed by atoms with Crippen molar-refractivity contribution in [2.24, 2.45) is 46.3 Å². The van der Waals surface area contributed by atoms with Crippen LogP contribution in [0.5, 0.6) is 0 Å². The summed E-state index contributed by atoms with van der Waals surface area (Å²) < 4.78 is 4.86. The van der Waals surface area contributed by atoms with Crippen LogP contribution < -0.4 is 0 Å². The molecule has 0 bridgehead atoms. The number of fused-ring (bicyclic) bond motifs is 5. The van der Waals surface area contributed by atoms with E-state index < -0.39 is 0 Å². The Kier molecular flexibility index (Phi) is 5.83. The summed E-state index contributed by atoms with van der Waals surface area (Å²) in [5.41, 5.74) is 0.533. The Morgan fingerprint density at radius 1 is 1.00 bits per heavy atom. The number of carbonyl (C=O) groups excluding carboxylic acids is 1.